The fourth-order valence-corrected chi connectivity index (χ4v) is 3.00. The standard InChI is InChI=1S/C18H34N8O6S/c1-9(24-15(29)10(19)8-13(20)27)14(28)25-11(5-7-33-2)16(30)26-12(17(31)32)4-3-6-23-18(21)22/h9-12H,3-8,19H2,1-2H3,(H2,20,27)(H,24,29)(H,25,28)(H,26,30)(H,31,32)(H4,21,22,23). The van der Waals surface area contributed by atoms with Gasteiger partial charge in [0, 0.05) is 6.54 Å². The first kappa shape index (κ1) is 29.9. The van der Waals surface area contributed by atoms with Gasteiger partial charge in [0.1, 0.15) is 18.1 Å². The first-order chi connectivity index (χ1) is 15.4. The fraction of sp³-hybridized carbons (Fsp3) is 0.667. The number of guanidine groups is 1. The Kier molecular flexibility index (Phi) is 14.2. The van der Waals surface area contributed by atoms with Gasteiger partial charge in [-0.1, -0.05) is 0 Å². The number of nitrogens with zero attached hydrogens (tertiary/aromatic N) is 1. The molecule has 4 amide bonds. The minimum atomic E-state index is -1.24. The van der Waals surface area contributed by atoms with E-state index in [-0.39, 0.29) is 25.3 Å². The lowest BCUT2D eigenvalue weighted by Gasteiger charge is -2.23. The average Bonchev–Trinajstić information content (AvgIpc) is 2.71. The van der Waals surface area contributed by atoms with E-state index in [0.717, 1.165) is 0 Å². The molecule has 0 rings (SSSR count). The van der Waals surface area contributed by atoms with E-state index in [0.29, 0.717) is 12.2 Å². The van der Waals surface area contributed by atoms with Crippen LogP contribution in [-0.4, -0.2) is 83.4 Å². The van der Waals surface area contributed by atoms with Gasteiger partial charge in [0.15, 0.2) is 5.96 Å². The van der Waals surface area contributed by atoms with E-state index in [4.69, 9.17) is 22.9 Å². The number of amides is 4. The Morgan fingerprint density at radius 1 is 0.939 bits per heavy atom. The number of rotatable bonds is 16. The molecule has 0 spiro atoms. The highest BCUT2D eigenvalue weighted by Gasteiger charge is 2.28. The van der Waals surface area contributed by atoms with Gasteiger partial charge in [0.2, 0.25) is 23.6 Å². The number of carbonyl (C=O) groups excluding carboxylic acids is 4. The van der Waals surface area contributed by atoms with Crippen molar-refractivity contribution in [3.8, 4) is 0 Å². The molecule has 0 aromatic carbocycles. The summed E-state index contributed by atoms with van der Waals surface area (Å²) in [4.78, 5) is 63.3. The van der Waals surface area contributed by atoms with E-state index in [1.54, 1.807) is 0 Å². The first-order valence-corrected chi connectivity index (χ1v) is 11.5. The van der Waals surface area contributed by atoms with Crippen LogP contribution in [0.1, 0.15) is 32.6 Å². The molecule has 0 aromatic heterocycles. The molecule has 0 aliphatic carbocycles. The Labute approximate surface area is 196 Å². The van der Waals surface area contributed by atoms with Crippen LogP contribution in [0.4, 0.5) is 0 Å². The Morgan fingerprint density at radius 3 is 2.06 bits per heavy atom. The molecular formula is C18H34N8O6S. The Hall–Kier alpha value is -3.07. The van der Waals surface area contributed by atoms with Crippen LogP contribution >= 0.6 is 11.8 Å². The number of carboxylic acids is 1. The zero-order valence-corrected chi connectivity index (χ0v) is 19.5. The molecule has 33 heavy (non-hydrogen) atoms. The highest BCUT2D eigenvalue weighted by molar-refractivity contribution is 7.98. The monoisotopic (exact) mass is 490 g/mol. The van der Waals surface area contributed by atoms with Crippen LogP contribution in [-0.2, 0) is 24.0 Å². The Bertz CT molecular complexity index is 731. The van der Waals surface area contributed by atoms with Gasteiger partial charge in [-0.05, 0) is 38.2 Å². The minimum absolute atomic E-state index is 0.0747. The zero-order valence-electron chi connectivity index (χ0n) is 18.7. The van der Waals surface area contributed by atoms with Crippen LogP contribution < -0.4 is 38.9 Å². The van der Waals surface area contributed by atoms with Crippen LogP contribution in [0.2, 0.25) is 0 Å². The van der Waals surface area contributed by atoms with Crippen molar-refractivity contribution in [3.05, 3.63) is 0 Å². The van der Waals surface area contributed by atoms with Crippen molar-refractivity contribution in [2.45, 2.75) is 56.8 Å². The average molecular weight is 491 g/mol. The van der Waals surface area contributed by atoms with Gasteiger partial charge >= 0.3 is 5.97 Å². The number of nitrogens with two attached hydrogens (primary N) is 4. The van der Waals surface area contributed by atoms with E-state index in [1.165, 1.54) is 18.7 Å². The van der Waals surface area contributed by atoms with Crippen molar-refractivity contribution in [1.82, 2.24) is 16.0 Å². The van der Waals surface area contributed by atoms with Gasteiger partial charge < -0.3 is 44.0 Å². The fourth-order valence-electron chi connectivity index (χ4n) is 2.53. The Balaban J connectivity index is 5.06. The maximum atomic E-state index is 12.7. The first-order valence-electron chi connectivity index (χ1n) is 10.1. The summed E-state index contributed by atoms with van der Waals surface area (Å²) in [7, 11) is 0. The second-order valence-electron chi connectivity index (χ2n) is 7.20. The van der Waals surface area contributed by atoms with Gasteiger partial charge in [0.05, 0.1) is 12.5 Å². The summed E-state index contributed by atoms with van der Waals surface area (Å²) in [5.41, 5.74) is 21.0. The zero-order chi connectivity index (χ0) is 25.6. The van der Waals surface area contributed by atoms with E-state index in [2.05, 4.69) is 20.9 Å². The molecule has 4 atom stereocenters. The lowest BCUT2D eigenvalue weighted by atomic mass is 10.1. The number of nitrogens with one attached hydrogen (secondary N) is 3. The number of carbonyl (C=O) groups is 5. The molecule has 0 aromatic rings. The number of hydrogen-bond donors (Lipinski definition) is 8. The van der Waals surface area contributed by atoms with Crippen LogP contribution in [0.3, 0.4) is 0 Å². The topological polar surface area (TPSA) is 258 Å². The maximum absolute atomic E-state index is 12.7. The molecule has 14 nitrogen and oxygen atoms in total. The molecule has 0 saturated heterocycles. The molecule has 0 fully saturated rings. The van der Waals surface area contributed by atoms with Crippen LogP contribution in [0.15, 0.2) is 4.99 Å². The number of carboxylic acid groups (broad SMARTS) is 1. The van der Waals surface area contributed by atoms with Crippen molar-refractivity contribution in [2.24, 2.45) is 27.9 Å². The molecule has 15 heteroatoms. The molecule has 0 aliphatic rings. The molecular weight excluding hydrogens is 456 g/mol. The molecule has 0 aliphatic heterocycles. The second kappa shape index (κ2) is 15.7. The minimum Gasteiger partial charge on any atom is -0.480 e. The van der Waals surface area contributed by atoms with Gasteiger partial charge in [-0.2, -0.15) is 11.8 Å². The van der Waals surface area contributed by atoms with Gasteiger partial charge in [-0.3, -0.25) is 24.2 Å². The van der Waals surface area contributed by atoms with Crippen molar-refractivity contribution in [3.63, 3.8) is 0 Å². The summed E-state index contributed by atoms with van der Waals surface area (Å²) in [6.45, 7) is 1.57. The maximum Gasteiger partial charge on any atom is 0.326 e. The predicted octanol–water partition coefficient (Wildman–Crippen LogP) is -3.45. The molecule has 0 radical (unpaired) electrons. The normalized spacial score (nSPS) is 14.2. The SMILES string of the molecule is CSCCC(NC(=O)C(C)NC(=O)C(N)CC(N)=O)C(=O)NC(CCCN=C(N)N)C(=O)O. The summed E-state index contributed by atoms with van der Waals surface area (Å²) in [5, 5.41) is 16.6. The number of aliphatic imine (C=N–C) groups is 1. The lowest BCUT2D eigenvalue weighted by molar-refractivity contribution is -0.142. The third kappa shape index (κ3) is 13.2. The largest absolute Gasteiger partial charge is 0.480 e. The van der Waals surface area contributed by atoms with Gasteiger partial charge in [-0.15, -0.1) is 0 Å². The quantitative estimate of drug-likeness (QED) is 0.0602. The van der Waals surface area contributed by atoms with Crippen molar-refractivity contribution >= 4 is 47.3 Å². The molecule has 12 N–H and O–H groups in total. The predicted molar refractivity (Wildman–Crippen MR) is 124 cm³/mol. The second-order valence-corrected chi connectivity index (χ2v) is 8.18. The van der Waals surface area contributed by atoms with E-state index in [1.807, 2.05) is 6.26 Å². The number of thioether (sulfide) groups is 1. The van der Waals surface area contributed by atoms with Crippen LogP contribution in [0.5, 0.6) is 0 Å². The van der Waals surface area contributed by atoms with E-state index < -0.39 is 60.2 Å². The molecule has 0 bridgehead atoms. The van der Waals surface area contributed by atoms with E-state index >= 15 is 0 Å². The van der Waals surface area contributed by atoms with E-state index in [9.17, 15) is 29.1 Å². The number of hydrogen-bond acceptors (Lipinski definition) is 8. The summed E-state index contributed by atoms with van der Waals surface area (Å²) in [6, 6.07) is -4.54. The molecule has 188 valence electrons. The molecule has 0 saturated carbocycles. The van der Waals surface area contributed by atoms with Crippen molar-refractivity contribution in [2.75, 3.05) is 18.6 Å². The Morgan fingerprint density at radius 2 is 1.55 bits per heavy atom. The van der Waals surface area contributed by atoms with Crippen LogP contribution in [0.25, 0.3) is 0 Å². The van der Waals surface area contributed by atoms with Crippen molar-refractivity contribution in [1.29, 1.82) is 0 Å². The summed E-state index contributed by atoms with van der Waals surface area (Å²) in [5.74, 6) is -3.76. The highest BCUT2D eigenvalue weighted by atomic mass is 32.2. The molecule has 0 heterocycles. The summed E-state index contributed by atoms with van der Waals surface area (Å²) in [6.07, 6.45) is 2.03. The van der Waals surface area contributed by atoms with Crippen LogP contribution in [0, 0.1) is 0 Å². The van der Waals surface area contributed by atoms with Crippen molar-refractivity contribution < 1.29 is 29.1 Å². The summed E-state index contributed by atoms with van der Waals surface area (Å²) >= 11 is 1.43. The third-order valence-corrected chi connectivity index (χ3v) is 4.96. The summed E-state index contributed by atoms with van der Waals surface area (Å²) < 4.78 is 0. The smallest absolute Gasteiger partial charge is 0.326 e. The highest BCUT2D eigenvalue weighted by Crippen LogP contribution is 2.05. The number of primary amides is 1. The van der Waals surface area contributed by atoms with Gasteiger partial charge in [-0.25, -0.2) is 4.79 Å². The number of aliphatic carboxylic acids is 1. The lowest BCUT2D eigenvalue weighted by Crippen LogP contribution is -2.56. The van der Waals surface area contributed by atoms with Gasteiger partial charge in [0.25, 0.3) is 0 Å². The molecule has 4 unspecified atom stereocenters. The third-order valence-electron chi connectivity index (χ3n) is 4.31.